The Morgan fingerprint density at radius 3 is 2.64 bits per heavy atom. The first-order valence-electron chi connectivity index (χ1n) is 8.20. The van der Waals surface area contributed by atoms with Crippen LogP contribution in [0.1, 0.15) is 24.8 Å². The zero-order chi connectivity index (χ0) is 15.6. The predicted octanol–water partition coefficient (Wildman–Crippen LogP) is 2.53. The summed E-state index contributed by atoms with van der Waals surface area (Å²) >= 11 is 6.16. The smallest absolute Gasteiger partial charge is 0.190 e. The number of rotatable bonds is 7. The molecule has 0 bridgehead atoms. The van der Waals surface area contributed by atoms with Crippen LogP contribution in [0.2, 0.25) is 5.02 Å². The van der Waals surface area contributed by atoms with Crippen molar-refractivity contribution in [1.82, 2.24) is 15.5 Å². The van der Waals surface area contributed by atoms with E-state index >= 15 is 0 Å². The van der Waals surface area contributed by atoms with Gasteiger partial charge < -0.3 is 15.5 Å². The van der Waals surface area contributed by atoms with Crippen LogP contribution in [-0.4, -0.2) is 50.6 Å². The molecule has 1 aliphatic heterocycles. The molecule has 1 heterocycles. The monoisotopic (exact) mass is 322 g/mol. The van der Waals surface area contributed by atoms with Crippen LogP contribution < -0.4 is 10.6 Å². The molecule has 0 amide bonds. The minimum Gasteiger partial charge on any atom is -0.356 e. The van der Waals surface area contributed by atoms with E-state index in [2.05, 4.69) is 26.6 Å². The van der Waals surface area contributed by atoms with Gasteiger partial charge in [-0.25, -0.2) is 0 Å². The van der Waals surface area contributed by atoms with Crippen molar-refractivity contribution in [1.29, 1.82) is 0 Å². The number of hydrogen-bond donors (Lipinski definition) is 2. The van der Waals surface area contributed by atoms with Gasteiger partial charge in [-0.15, -0.1) is 0 Å². The molecule has 1 aliphatic rings. The Bertz CT molecular complexity index is 469. The summed E-state index contributed by atoms with van der Waals surface area (Å²) < 4.78 is 0. The first-order chi connectivity index (χ1) is 10.8. The van der Waals surface area contributed by atoms with Gasteiger partial charge in [-0.05, 0) is 56.9 Å². The fourth-order valence-corrected chi connectivity index (χ4v) is 2.98. The average molecular weight is 323 g/mol. The molecule has 0 aliphatic carbocycles. The first kappa shape index (κ1) is 17.1. The molecule has 0 radical (unpaired) electrons. The highest BCUT2D eigenvalue weighted by Crippen LogP contribution is 2.14. The molecule has 0 atom stereocenters. The number of halogens is 1. The van der Waals surface area contributed by atoms with E-state index in [1.807, 2.05) is 25.2 Å². The van der Waals surface area contributed by atoms with E-state index in [9.17, 15) is 0 Å². The van der Waals surface area contributed by atoms with Gasteiger partial charge in [0.25, 0.3) is 0 Å². The lowest BCUT2D eigenvalue weighted by Gasteiger charge is -2.16. The van der Waals surface area contributed by atoms with Crippen LogP contribution in [0.4, 0.5) is 0 Å². The van der Waals surface area contributed by atoms with Crippen LogP contribution in [-0.2, 0) is 6.42 Å². The normalized spacial score (nSPS) is 16.0. The van der Waals surface area contributed by atoms with Gasteiger partial charge in [0.1, 0.15) is 0 Å². The fourth-order valence-electron chi connectivity index (χ4n) is 2.75. The molecular weight excluding hydrogens is 296 g/mol. The molecule has 1 saturated heterocycles. The maximum Gasteiger partial charge on any atom is 0.190 e. The second-order valence-corrected chi connectivity index (χ2v) is 6.08. The topological polar surface area (TPSA) is 39.7 Å². The molecule has 0 unspecified atom stereocenters. The largest absolute Gasteiger partial charge is 0.356 e. The van der Waals surface area contributed by atoms with E-state index in [4.69, 9.17) is 11.6 Å². The highest BCUT2D eigenvalue weighted by Gasteiger charge is 2.10. The van der Waals surface area contributed by atoms with Crippen LogP contribution in [0.5, 0.6) is 0 Å². The average Bonchev–Trinajstić information content (AvgIpc) is 3.05. The quantitative estimate of drug-likeness (QED) is 0.460. The van der Waals surface area contributed by atoms with Crippen LogP contribution in [0.3, 0.4) is 0 Å². The van der Waals surface area contributed by atoms with Crippen molar-refractivity contribution in [2.75, 3.05) is 39.8 Å². The van der Waals surface area contributed by atoms with Crippen LogP contribution in [0.25, 0.3) is 0 Å². The molecule has 2 N–H and O–H groups in total. The molecule has 122 valence electrons. The second-order valence-electron chi connectivity index (χ2n) is 5.67. The van der Waals surface area contributed by atoms with Crippen molar-refractivity contribution < 1.29 is 0 Å². The van der Waals surface area contributed by atoms with Crippen molar-refractivity contribution in [2.45, 2.75) is 25.7 Å². The summed E-state index contributed by atoms with van der Waals surface area (Å²) in [4.78, 5) is 6.80. The van der Waals surface area contributed by atoms with E-state index in [0.29, 0.717) is 0 Å². The highest BCUT2D eigenvalue weighted by atomic mass is 35.5. The molecule has 22 heavy (non-hydrogen) atoms. The van der Waals surface area contributed by atoms with Gasteiger partial charge in [0.05, 0.1) is 0 Å². The lowest BCUT2D eigenvalue weighted by molar-refractivity contribution is 0.334. The Morgan fingerprint density at radius 2 is 1.91 bits per heavy atom. The van der Waals surface area contributed by atoms with E-state index in [1.165, 1.54) is 38.0 Å². The predicted molar refractivity (Wildman–Crippen MR) is 94.8 cm³/mol. The molecule has 5 heteroatoms. The number of aliphatic imine (C=N–C) groups is 1. The van der Waals surface area contributed by atoms with Crippen LogP contribution in [0.15, 0.2) is 29.3 Å². The zero-order valence-electron chi connectivity index (χ0n) is 13.4. The summed E-state index contributed by atoms with van der Waals surface area (Å²) in [5.41, 5.74) is 1.17. The van der Waals surface area contributed by atoms with Gasteiger partial charge in [0.15, 0.2) is 5.96 Å². The summed E-state index contributed by atoms with van der Waals surface area (Å²) in [5.74, 6) is 0.869. The molecule has 1 aromatic carbocycles. The second kappa shape index (κ2) is 9.70. The van der Waals surface area contributed by atoms with E-state index < -0.39 is 0 Å². The summed E-state index contributed by atoms with van der Waals surface area (Å²) in [6.07, 6.45) is 4.77. The zero-order valence-corrected chi connectivity index (χ0v) is 14.2. The number of hydrogen-bond acceptors (Lipinski definition) is 2. The molecule has 0 saturated carbocycles. The number of nitrogens with one attached hydrogen (secondary N) is 2. The van der Waals surface area contributed by atoms with Crippen molar-refractivity contribution in [3.8, 4) is 0 Å². The standard InChI is InChI=1S/C17H27ClN4/c1-19-17(20-10-6-14-22-12-4-5-13-22)21-11-9-15-7-2-3-8-16(15)18/h2-3,7-8H,4-6,9-14H2,1H3,(H2,19,20,21). The fraction of sp³-hybridized carbons (Fsp3) is 0.588. The lowest BCUT2D eigenvalue weighted by Crippen LogP contribution is -2.39. The van der Waals surface area contributed by atoms with Crippen molar-refractivity contribution in [3.63, 3.8) is 0 Å². The SMILES string of the molecule is CN=C(NCCCN1CCCC1)NCCc1ccccc1Cl. The molecule has 4 nitrogen and oxygen atoms in total. The highest BCUT2D eigenvalue weighted by molar-refractivity contribution is 6.31. The van der Waals surface area contributed by atoms with Crippen molar-refractivity contribution in [2.24, 2.45) is 4.99 Å². The minimum absolute atomic E-state index is 0.829. The summed E-state index contributed by atoms with van der Waals surface area (Å²) in [6.45, 7) is 5.51. The van der Waals surface area contributed by atoms with Gasteiger partial charge in [0.2, 0.25) is 0 Å². The Morgan fingerprint density at radius 1 is 1.18 bits per heavy atom. The Balaban J connectivity index is 1.59. The van der Waals surface area contributed by atoms with Gasteiger partial charge >= 0.3 is 0 Å². The summed E-state index contributed by atoms with van der Waals surface area (Å²) in [5, 5.41) is 7.55. The molecule has 0 aromatic heterocycles. The summed E-state index contributed by atoms with van der Waals surface area (Å²) in [6, 6.07) is 7.98. The Kier molecular flexibility index (Phi) is 7.54. The van der Waals surface area contributed by atoms with E-state index in [-0.39, 0.29) is 0 Å². The first-order valence-corrected chi connectivity index (χ1v) is 8.57. The number of guanidine groups is 1. The van der Waals surface area contributed by atoms with Gasteiger partial charge in [-0.1, -0.05) is 29.8 Å². The lowest BCUT2D eigenvalue weighted by atomic mass is 10.1. The number of likely N-dealkylation sites (tertiary alicyclic amines) is 1. The van der Waals surface area contributed by atoms with Gasteiger partial charge in [-0.2, -0.15) is 0 Å². The minimum atomic E-state index is 0.829. The van der Waals surface area contributed by atoms with Crippen LogP contribution >= 0.6 is 11.6 Å². The van der Waals surface area contributed by atoms with Crippen molar-refractivity contribution >= 4 is 17.6 Å². The molecule has 1 fully saturated rings. The molecule has 1 aromatic rings. The Hall–Kier alpha value is -1.26. The van der Waals surface area contributed by atoms with E-state index in [1.54, 1.807) is 0 Å². The van der Waals surface area contributed by atoms with Gasteiger partial charge in [-0.3, -0.25) is 4.99 Å². The Labute approximate surface area is 138 Å². The van der Waals surface area contributed by atoms with Gasteiger partial charge in [0, 0.05) is 25.2 Å². The maximum atomic E-state index is 6.16. The van der Waals surface area contributed by atoms with Crippen molar-refractivity contribution in [3.05, 3.63) is 34.9 Å². The number of nitrogens with zero attached hydrogens (tertiary/aromatic N) is 2. The maximum absolute atomic E-state index is 6.16. The van der Waals surface area contributed by atoms with Crippen LogP contribution in [0, 0.1) is 0 Å². The third-order valence-corrected chi connectivity index (χ3v) is 4.38. The molecule has 2 rings (SSSR count). The number of benzene rings is 1. The molecular formula is C17H27ClN4. The summed E-state index contributed by atoms with van der Waals surface area (Å²) in [7, 11) is 1.81. The molecule has 0 spiro atoms. The van der Waals surface area contributed by atoms with E-state index in [0.717, 1.165) is 36.9 Å². The third-order valence-electron chi connectivity index (χ3n) is 4.01. The third kappa shape index (κ3) is 5.85.